The summed E-state index contributed by atoms with van der Waals surface area (Å²) in [5, 5.41) is 5.64. The summed E-state index contributed by atoms with van der Waals surface area (Å²) in [4.78, 5) is 28.9. The number of rotatable bonds is 4. The van der Waals surface area contributed by atoms with Crippen LogP contribution in [0.1, 0.15) is 26.6 Å². The van der Waals surface area contributed by atoms with Crippen molar-refractivity contribution in [3.63, 3.8) is 0 Å². The van der Waals surface area contributed by atoms with Crippen molar-refractivity contribution in [2.24, 2.45) is 0 Å². The SMILES string of the molecule is Cc1nc2cc(NC(=O)c3ccc(NC(=O)c4ccccc4)cc3)ccc2o1. The molecule has 0 radical (unpaired) electrons. The third kappa shape index (κ3) is 3.76. The average Bonchev–Trinajstić information content (AvgIpc) is 3.08. The number of carbonyl (C=O) groups is 2. The third-order valence-electron chi connectivity index (χ3n) is 4.19. The molecule has 4 rings (SSSR count). The van der Waals surface area contributed by atoms with Crippen molar-refractivity contribution in [2.75, 3.05) is 10.6 Å². The van der Waals surface area contributed by atoms with E-state index in [1.54, 1.807) is 73.7 Å². The van der Waals surface area contributed by atoms with Crippen LogP contribution in [-0.4, -0.2) is 16.8 Å². The summed E-state index contributed by atoms with van der Waals surface area (Å²) in [5.41, 5.74) is 3.66. The van der Waals surface area contributed by atoms with Crippen LogP contribution in [0.4, 0.5) is 11.4 Å². The minimum atomic E-state index is -0.250. The molecule has 1 heterocycles. The van der Waals surface area contributed by atoms with E-state index in [4.69, 9.17) is 4.42 Å². The van der Waals surface area contributed by atoms with Gasteiger partial charge in [-0.1, -0.05) is 18.2 Å². The maximum atomic E-state index is 12.5. The highest BCUT2D eigenvalue weighted by molar-refractivity contribution is 6.06. The van der Waals surface area contributed by atoms with Gasteiger partial charge in [0, 0.05) is 29.4 Å². The molecule has 0 atom stereocenters. The number of aromatic nitrogens is 1. The molecule has 0 spiro atoms. The first-order valence-electron chi connectivity index (χ1n) is 8.73. The van der Waals surface area contributed by atoms with Crippen LogP contribution in [0.5, 0.6) is 0 Å². The van der Waals surface area contributed by atoms with Crippen LogP contribution >= 0.6 is 0 Å². The number of anilines is 2. The molecular weight excluding hydrogens is 354 g/mol. The van der Waals surface area contributed by atoms with Gasteiger partial charge >= 0.3 is 0 Å². The molecule has 138 valence electrons. The highest BCUT2D eigenvalue weighted by atomic mass is 16.3. The van der Waals surface area contributed by atoms with Crippen LogP contribution in [0, 0.1) is 6.92 Å². The van der Waals surface area contributed by atoms with E-state index in [-0.39, 0.29) is 11.8 Å². The Morgan fingerprint density at radius 2 is 1.39 bits per heavy atom. The molecular formula is C22H17N3O3. The molecule has 0 unspecified atom stereocenters. The first-order chi connectivity index (χ1) is 13.6. The molecule has 0 aliphatic heterocycles. The molecule has 1 aromatic heterocycles. The summed E-state index contributed by atoms with van der Waals surface area (Å²) in [6.45, 7) is 1.77. The quantitative estimate of drug-likeness (QED) is 0.547. The largest absolute Gasteiger partial charge is 0.441 e. The Hall–Kier alpha value is -3.93. The van der Waals surface area contributed by atoms with Gasteiger partial charge in [-0.3, -0.25) is 9.59 Å². The van der Waals surface area contributed by atoms with E-state index in [1.165, 1.54) is 0 Å². The van der Waals surface area contributed by atoms with Crippen LogP contribution in [-0.2, 0) is 0 Å². The number of fused-ring (bicyclic) bond motifs is 1. The Labute approximate surface area is 161 Å². The van der Waals surface area contributed by atoms with Crippen LogP contribution in [0.3, 0.4) is 0 Å². The number of carbonyl (C=O) groups excluding carboxylic acids is 2. The van der Waals surface area contributed by atoms with Gasteiger partial charge in [-0.2, -0.15) is 0 Å². The van der Waals surface area contributed by atoms with Crippen molar-refractivity contribution >= 4 is 34.3 Å². The van der Waals surface area contributed by atoms with Crippen molar-refractivity contribution in [1.29, 1.82) is 0 Å². The number of nitrogens with one attached hydrogen (secondary N) is 2. The lowest BCUT2D eigenvalue weighted by Crippen LogP contribution is -2.13. The average molecular weight is 371 g/mol. The van der Waals surface area contributed by atoms with E-state index in [2.05, 4.69) is 15.6 Å². The zero-order chi connectivity index (χ0) is 19.5. The first kappa shape index (κ1) is 17.5. The number of aryl methyl sites for hydroxylation is 1. The summed E-state index contributed by atoms with van der Waals surface area (Å²) in [5.74, 6) is 0.126. The van der Waals surface area contributed by atoms with Crippen LogP contribution < -0.4 is 10.6 Å². The Morgan fingerprint density at radius 1 is 0.786 bits per heavy atom. The highest BCUT2D eigenvalue weighted by Gasteiger charge is 2.10. The molecule has 0 saturated heterocycles. The second-order valence-corrected chi connectivity index (χ2v) is 6.27. The normalized spacial score (nSPS) is 10.6. The Kier molecular flexibility index (Phi) is 4.60. The van der Waals surface area contributed by atoms with Gasteiger partial charge in [0.25, 0.3) is 11.8 Å². The molecule has 3 aromatic carbocycles. The van der Waals surface area contributed by atoms with Gasteiger partial charge in [0.2, 0.25) is 0 Å². The second kappa shape index (κ2) is 7.36. The van der Waals surface area contributed by atoms with Gasteiger partial charge in [-0.05, 0) is 54.6 Å². The van der Waals surface area contributed by atoms with E-state index in [0.717, 1.165) is 0 Å². The maximum Gasteiger partial charge on any atom is 0.255 e. The Bertz CT molecular complexity index is 1150. The zero-order valence-corrected chi connectivity index (χ0v) is 15.1. The lowest BCUT2D eigenvalue weighted by atomic mass is 10.1. The van der Waals surface area contributed by atoms with Crippen molar-refractivity contribution in [3.8, 4) is 0 Å². The van der Waals surface area contributed by atoms with Crippen LogP contribution in [0.25, 0.3) is 11.1 Å². The summed E-state index contributed by atoms with van der Waals surface area (Å²) >= 11 is 0. The minimum absolute atomic E-state index is 0.200. The first-order valence-corrected chi connectivity index (χ1v) is 8.73. The predicted molar refractivity (Wildman–Crippen MR) is 108 cm³/mol. The summed E-state index contributed by atoms with van der Waals surface area (Å²) < 4.78 is 5.43. The Morgan fingerprint density at radius 3 is 2.11 bits per heavy atom. The van der Waals surface area contributed by atoms with E-state index in [0.29, 0.717) is 39.5 Å². The molecule has 2 N–H and O–H groups in total. The van der Waals surface area contributed by atoms with Gasteiger partial charge in [-0.15, -0.1) is 0 Å². The fourth-order valence-corrected chi connectivity index (χ4v) is 2.82. The lowest BCUT2D eigenvalue weighted by Gasteiger charge is -2.08. The number of oxazole rings is 1. The van der Waals surface area contributed by atoms with Crippen molar-refractivity contribution in [3.05, 3.63) is 89.8 Å². The number of hydrogen-bond donors (Lipinski definition) is 2. The smallest absolute Gasteiger partial charge is 0.255 e. The van der Waals surface area contributed by atoms with Gasteiger partial charge in [0.1, 0.15) is 5.52 Å². The van der Waals surface area contributed by atoms with Gasteiger partial charge in [0.15, 0.2) is 11.5 Å². The molecule has 6 nitrogen and oxygen atoms in total. The molecule has 28 heavy (non-hydrogen) atoms. The topological polar surface area (TPSA) is 84.2 Å². The molecule has 0 saturated carbocycles. The summed E-state index contributed by atoms with van der Waals surface area (Å²) in [6, 6.07) is 21.0. The Balaban J connectivity index is 1.43. The van der Waals surface area contributed by atoms with Crippen LogP contribution in [0.2, 0.25) is 0 Å². The number of nitrogens with zero attached hydrogens (tertiary/aromatic N) is 1. The lowest BCUT2D eigenvalue weighted by molar-refractivity contribution is 0.102. The van der Waals surface area contributed by atoms with Gasteiger partial charge in [0.05, 0.1) is 0 Å². The highest BCUT2D eigenvalue weighted by Crippen LogP contribution is 2.20. The standard InChI is InChI=1S/C22H17N3O3/c1-14-23-19-13-18(11-12-20(19)28-14)25-22(27)16-7-9-17(10-8-16)24-21(26)15-5-3-2-4-6-15/h2-13H,1H3,(H,24,26)(H,25,27). The number of benzene rings is 3. The van der Waals surface area contributed by atoms with Gasteiger partial charge in [-0.25, -0.2) is 4.98 Å². The van der Waals surface area contributed by atoms with E-state index in [9.17, 15) is 9.59 Å². The predicted octanol–water partition coefficient (Wildman–Crippen LogP) is 4.64. The summed E-state index contributed by atoms with van der Waals surface area (Å²) in [7, 11) is 0. The van der Waals surface area contributed by atoms with Crippen molar-refractivity contribution in [2.45, 2.75) is 6.92 Å². The molecule has 0 bridgehead atoms. The molecule has 0 aliphatic carbocycles. The molecule has 2 amide bonds. The zero-order valence-electron chi connectivity index (χ0n) is 15.1. The molecule has 0 fully saturated rings. The maximum absolute atomic E-state index is 12.5. The van der Waals surface area contributed by atoms with Crippen LogP contribution in [0.15, 0.2) is 77.2 Å². The monoisotopic (exact) mass is 371 g/mol. The van der Waals surface area contributed by atoms with E-state index >= 15 is 0 Å². The van der Waals surface area contributed by atoms with Crippen molar-refractivity contribution in [1.82, 2.24) is 4.98 Å². The second-order valence-electron chi connectivity index (χ2n) is 6.27. The van der Waals surface area contributed by atoms with Crippen molar-refractivity contribution < 1.29 is 14.0 Å². The molecule has 4 aromatic rings. The minimum Gasteiger partial charge on any atom is -0.441 e. The van der Waals surface area contributed by atoms with Gasteiger partial charge < -0.3 is 15.1 Å². The summed E-state index contributed by atoms with van der Waals surface area (Å²) in [6.07, 6.45) is 0. The fraction of sp³-hybridized carbons (Fsp3) is 0.0455. The van der Waals surface area contributed by atoms with E-state index in [1.807, 2.05) is 6.07 Å². The van der Waals surface area contributed by atoms with E-state index < -0.39 is 0 Å². The number of hydrogen-bond acceptors (Lipinski definition) is 4. The third-order valence-corrected chi connectivity index (χ3v) is 4.19. The molecule has 0 aliphatic rings. The number of amides is 2. The molecule has 6 heteroatoms. The fourth-order valence-electron chi connectivity index (χ4n) is 2.82.